The van der Waals surface area contributed by atoms with Gasteiger partial charge in [-0.3, -0.25) is 4.79 Å². The Hall–Kier alpha value is -1.88. The van der Waals surface area contributed by atoms with E-state index in [0.717, 1.165) is 61.9 Å². The van der Waals surface area contributed by atoms with Gasteiger partial charge in [0.05, 0.1) is 0 Å². The highest BCUT2D eigenvalue weighted by atomic mass is 19.1. The summed E-state index contributed by atoms with van der Waals surface area (Å²) in [5, 5.41) is 1.07. The number of carbonyl (C=O) groups excluding carboxylic acids is 1. The van der Waals surface area contributed by atoms with E-state index in [9.17, 15) is 9.18 Å². The van der Waals surface area contributed by atoms with E-state index >= 15 is 0 Å². The zero-order valence-electron chi connectivity index (χ0n) is 13.9. The molecule has 0 aliphatic carbocycles. The molecule has 0 radical (unpaired) electrons. The Morgan fingerprint density at radius 3 is 3.00 bits per heavy atom. The van der Waals surface area contributed by atoms with Crippen molar-refractivity contribution >= 4 is 16.8 Å². The predicted molar refractivity (Wildman–Crippen MR) is 92.9 cm³/mol. The number of fused-ring (bicyclic) bond motifs is 1. The summed E-state index contributed by atoms with van der Waals surface area (Å²) >= 11 is 0. The third-order valence-electron chi connectivity index (χ3n) is 5.67. The van der Waals surface area contributed by atoms with Crippen LogP contribution in [0, 0.1) is 5.41 Å². The van der Waals surface area contributed by atoms with Crippen molar-refractivity contribution < 1.29 is 9.18 Å². The number of benzene rings is 1. The molecule has 1 unspecified atom stereocenters. The Balaban J connectivity index is 1.48. The molecule has 3 heterocycles. The average Bonchev–Trinajstić information content (AvgIpc) is 3.21. The van der Waals surface area contributed by atoms with E-state index in [1.807, 2.05) is 35.4 Å². The number of likely N-dealkylation sites (tertiary alicyclic amines) is 2. The molecule has 4 nitrogen and oxygen atoms in total. The number of nitrogens with zero attached hydrogens (tertiary/aromatic N) is 2. The van der Waals surface area contributed by atoms with Gasteiger partial charge in [0.25, 0.3) is 5.91 Å². The number of aromatic nitrogens is 1. The van der Waals surface area contributed by atoms with Gasteiger partial charge in [0.2, 0.25) is 0 Å². The minimum Gasteiger partial charge on any atom is -0.361 e. The second-order valence-corrected chi connectivity index (χ2v) is 7.33. The molecule has 24 heavy (non-hydrogen) atoms. The Bertz CT molecular complexity index is 741. The quantitative estimate of drug-likeness (QED) is 0.940. The van der Waals surface area contributed by atoms with E-state index in [2.05, 4.69) is 9.88 Å². The lowest BCUT2D eigenvalue weighted by molar-refractivity contribution is 0.0678. The molecule has 128 valence electrons. The number of hydrogen-bond acceptors (Lipinski definition) is 2. The predicted octanol–water partition coefficient (Wildman–Crippen LogP) is 3.07. The van der Waals surface area contributed by atoms with Crippen LogP contribution in [0.15, 0.2) is 30.5 Å². The summed E-state index contributed by atoms with van der Waals surface area (Å²) < 4.78 is 12.7. The van der Waals surface area contributed by atoms with Crippen molar-refractivity contribution in [2.45, 2.75) is 19.3 Å². The van der Waals surface area contributed by atoms with Gasteiger partial charge in [-0.25, -0.2) is 4.39 Å². The zero-order chi connectivity index (χ0) is 16.6. The number of carbonyl (C=O) groups is 1. The molecule has 2 saturated heterocycles. The Morgan fingerprint density at radius 1 is 1.21 bits per heavy atom. The van der Waals surface area contributed by atoms with Crippen molar-refractivity contribution in [3.05, 3.63) is 36.0 Å². The van der Waals surface area contributed by atoms with Crippen LogP contribution in [0.1, 0.15) is 29.6 Å². The van der Waals surface area contributed by atoms with Gasteiger partial charge in [-0.05, 0) is 50.1 Å². The lowest BCUT2D eigenvalue weighted by atomic mass is 9.79. The number of amides is 1. The van der Waals surface area contributed by atoms with E-state index in [-0.39, 0.29) is 18.0 Å². The van der Waals surface area contributed by atoms with Gasteiger partial charge in [-0.2, -0.15) is 0 Å². The van der Waals surface area contributed by atoms with E-state index < -0.39 is 0 Å². The number of halogens is 1. The first-order valence-electron chi connectivity index (χ1n) is 8.84. The SMILES string of the molecule is O=C(c1ccc2[nH]ccc2c1)N1CCC2(CCCN(CCF)C2)C1. The van der Waals surface area contributed by atoms with Crippen molar-refractivity contribution in [1.82, 2.24) is 14.8 Å². The summed E-state index contributed by atoms with van der Waals surface area (Å²) in [5.41, 5.74) is 1.98. The second-order valence-electron chi connectivity index (χ2n) is 7.33. The lowest BCUT2D eigenvalue weighted by Gasteiger charge is -2.40. The summed E-state index contributed by atoms with van der Waals surface area (Å²) in [4.78, 5) is 20.3. The molecular formula is C19H24FN3O. The first-order valence-corrected chi connectivity index (χ1v) is 8.84. The van der Waals surface area contributed by atoms with Gasteiger partial charge in [0.15, 0.2) is 0 Å². The van der Waals surface area contributed by atoms with Crippen LogP contribution in [0.5, 0.6) is 0 Å². The van der Waals surface area contributed by atoms with E-state index in [0.29, 0.717) is 6.54 Å². The Kier molecular flexibility index (Phi) is 4.04. The van der Waals surface area contributed by atoms with Crippen LogP contribution in [-0.2, 0) is 0 Å². The number of hydrogen-bond donors (Lipinski definition) is 1. The van der Waals surface area contributed by atoms with E-state index in [1.54, 1.807) is 0 Å². The van der Waals surface area contributed by atoms with Crippen LogP contribution in [0.25, 0.3) is 10.9 Å². The molecule has 1 atom stereocenters. The highest BCUT2D eigenvalue weighted by molar-refractivity contribution is 5.98. The van der Waals surface area contributed by atoms with Crippen molar-refractivity contribution in [3.63, 3.8) is 0 Å². The van der Waals surface area contributed by atoms with E-state index in [4.69, 9.17) is 0 Å². The normalized spacial score (nSPS) is 25.0. The van der Waals surface area contributed by atoms with Crippen LogP contribution < -0.4 is 0 Å². The third kappa shape index (κ3) is 2.81. The molecule has 1 N–H and O–H groups in total. The molecule has 5 heteroatoms. The van der Waals surface area contributed by atoms with Crippen LogP contribution in [0.4, 0.5) is 4.39 Å². The molecule has 1 spiro atoms. The lowest BCUT2D eigenvalue weighted by Crippen LogP contribution is -2.46. The summed E-state index contributed by atoms with van der Waals surface area (Å²) in [6.45, 7) is 3.78. The molecule has 0 bridgehead atoms. The highest BCUT2D eigenvalue weighted by Gasteiger charge is 2.42. The summed E-state index contributed by atoms with van der Waals surface area (Å²) in [6.07, 6.45) is 5.19. The molecule has 1 amide bonds. The molecular weight excluding hydrogens is 305 g/mol. The standard InChI is InChI=1S/C19H24FN3O/c20-7-11-22-9-1-5-19(13-22)6-10-23(14-19)18(24)16-2-3-17-15(12-16)4-8-21-17/h2-4,8,12,21H,1,5-7,9-11,13-14H2. The monoisotopic (exact) mass is 329 g/mol. The van der Waals surface area contributed by atoms with Gasteiger partial charge in [0, 0.05) is 54.3 Å². The minimum absolute atomic E-state index is 0.123. The Labute approximate surface area is 141 Å². The first-order chi connectivity index (χ1) is 11.7. The number of aromatic amines is 1. The van der Waals surface area contributed by atoms with Crippen LogP contribution in [0.2, 0.25) is 0 Å². The number of nitrogens with one attached hydrogen (secondary N) is 1. The van der Waals surface area contributed by atoms with Crippen LogP contribution >= 0.6 is 0 Å². The van der Waals surface area contributed by atoms with Crippen LogP contribution in [0.3, 0.4) is 0 Å². The number of H-pyrrole nitrogens is 1. The third-order valence-corrected chi connectivity index (χ3v) is 5.67. The maximum atomic E-state index is 12.9. The van der Waals surface area contributed by atoms with Gasteiger partial charge < -0.3 is 14.8 Å². The van der Waals surface area contributed by atoms with Gasteiger partial charge in [0.1, 0.15) is 6.67 Å². The molecule has 2 fully saturated rings. The van der Waals surface area contributed by atoms with Gasteiger partial charge in [-0.1, -0.05) is 0 Å². The van der Waals surface area contributed by atoms with Gasteiger partial charge in [-0.15, -0.1) is 0 Å². The zero-order valence-corrected chi connectivity index (χ0v) is 13.9. The van der Waals surface area contributed by atoms with E-state index in [1.165, 1.54) is 0 Å². The minimum atomic E-state index is -0.282. The largest absolute Gasteiger partial charge is 0.361 e. The summed E-state index contributed by atoms with van der Waals surface area (Å²) in [5.74, 6) is 0.123. The summed E-state index contributed by atoms with van der Waals surface area (Å²) in [7, 11) is 0. The van der Waals surface area contributed by atoms with Gasteiger partial charge >= 0.3 is 0 Å². The number of rotatable bonds is 3. The smallest absolute Gasteiger partial charge is 0.253 e. The molecule has 0 saturated carbocycles. The fourth-order valence-corrected chi connectivity index (χ4v) is 4.43. The topological polar surface area (TPSA) is 39.3 Å². The first kappa shape index (κ1) is 15.6. The highest BCUT2D eigenvalue weighted by Crippen LogP contribution is 2.39. The fraction of sp³-hybridized carbons (Fsp3) is 0.526. The molecule has 1 aromatic heterocycles. The molecule has 4 rings (SSSR count). The van der Waals surface area contributed by atoms with Crippen molar-refractivity contribution in [2.75, 3.05) is 39.4 Å². The number of alkyl halides is 1. The van der Waals surface area contributed by atoms with Crippen molar-refractivity contribution in [1.29, 1.82) is 0 Å². The number of piperidine rings is 1. The maximum absolute atomic E-state index is 12.9. The molecule has 2 aliphatic rings. The van der Waals surface area contributed by atoms with Crippen molar-refractivity contribution in [3.8, 4) is 0 Å². The summed E-state index contributed by atoms with van der Waals surface area (Å²) in [6, 6.07) is 7.84. The molecule has 2 aliphatic heterocycles. The maximum Gasteiger partial charge on any atom is 0.253 e. The fourth-order valence-electron chi connectivity index (χ4n) is 4.43. The second kappa shape index (κ2) is 6.20. The van der Waals surface area contributed by atoms with Crippen molar-refractivity contribution in [2.24, 2.45) is 5.41 Å². The Morgan fingerprint density at radius 2 is 2.12 bits per heavy atom. The molecule has 2 aromatic rings. The average molecular weight is 329 g/mol. The van der Waals surface area contributed by atoms with Crippen LogP contribution in [-0.4, -0.2) is 60.1 Å². The molecule has 1 aromatic carbocycles.